The molecule has 1 heterocycles. The highest BCUT2D eigenvalue weighted by atomic mass is 19.4. The number of hydrogen-bond donors (Lipinski definition) is 3. The highest BCUT2D eigenvalue weighted by Crippen LogP contribution is 2.30. The number of carbonyl (C=O) groups is 2. The van der Waals surface area contributed by atoms with Crippen molar-refractivity contribution in [2.75, 3.05) is 10.7 Å². The van der Waals surface area contributed by atoms with E-state index in [9.17, 15) is 22.8 Å². The quantitative estimate of drug-likeness (QED) is 0.745. The molecule has 2 aromatic carbocycles. The lowest BCUT2D eigenvalue weighted by molar-refractivity contribution is -0.137. The number of aryl methyl sites for hydroxylation is 1. The van der Waals surface area contributed by atoms with Gasteiger partial charge in [-0.25, -0.2) is 0 Å². The van der Waals surface area contributed by atoms with E-state index in [-0.39, 0.29) is 11.6 Å². The third kappa shape index (κ3) is 3.90. The number of anilines is 2. The maximum absolute atomic E-state index is 12.7. The van der Waals surface area contributed by atoms with Gasteiger partial charge in [-0.1, -0.05) is 6.07 Å². The maximum Gasteiger partial charge on any atom is 0.416 e. The van der Waals surface area contributed by atoms with Gasteiger partial charge in [-0.3, -0.25) is 20.4 Å². The molecule has 2 amide bonds. The molecule has 0 radical (unpaired) electrons. The number of hydrogen-bond acceptors (Lipinski definition) is 3. The minimum Gasteiger partial charge on any atom is -0.326 e. The lowest BCUT2D eigenvalue weighted by Gasteiger charge is -2.17. The number of fused-ring (bicyclic) bond motifs is 1. The van der Waals surface area contributed by atoms with Gasteiger partial charge >= 0.3 is 6.18 Å². The van der Waals surface area contributed by atoms with Crippen molar-refractivity contribution in [1.82, 2.24) is 5.43 Å². The Morgan fingerprint density at radius 2 is 1.88 bits per heavy atom. The van der Waals surface area contributed by atoms with Crippen LogP contribution in [-0.4, -0.2) is 11.8 Å². The number of amides is 2. The molecule has 25 heavy (non-hydrogen) atoms. The van der Waals surface area contributed by atoms with Gasteiger partial charge in [0.1, 0.15) is 0 Å². The molecule has 2 aromatic rings. The predicted molar refractivity (Wildman–Crippen MR) is 85.9 cm³/mol. The van der Waals surface area contributed by atoms with Gasteiger partial charge in [0.05, 0.1) is 11.3 Å². The third-order valence-corrected chi connectivity index (χ3v) is 3.77. The number of hydrazine groups is 1. The van der Waals surface area contributed by atoms with Crippen molar-refractivity contribution in [2.45, 2.75) is 19.0 Å². The third-order valence-electron chi connectivity index (χ3n) is 3.77. The molecule has 3 rings (SSSR count). The topological polar surface area (TPSA) is 70.2 Å². The van der Waals surface area contributed by atoms with E-state index in [0.29, 0.717) is 24.1 Å². The van der Waals surface area contributed by atoms with Crippen molar-refractivity contribution in [2.24, 2.45) is 0 Å². The maximum atomic E-state index is 12.7. The summed E-state index contributed by atoms with van der Waals surface area (Å²) in [6.07, 6.45) is -3.57. The van der Waals surface area contributed by atoms with Crippen molar-refractivity contribution in [3.8, 4) is 0 Å². The molecule has 130 valence electrons. The zero-order valence-electron chi connectivity index (χ0n) is 12.9. The average molecular weight is 349 g/mol. The second kappa shape index (κ2) is 6.46. The smallest absolute Gasteiger partial charge is 0.326 e. The molecular weight excluding hydrogens is 335 g/mol. The zero-order chi connectivity index (χ0) is 18.0. The average Bonchev–Trinajstić information content (AvgIpc) is 2.58. The van der Waals surface area contributed by atoms with E-state index >= 15 is 0 Å². The van der Waals surface area contributed by atoms with Crippen LogP contribution in [0, 0.1) is 0 Å². The number of carbonyl (C=O) groups excluding carboxylic acids is 2. The standard InChI is InChI=1S/C17H14F3N3O2/c18-17(19,20)12-2-1-3-13(9-12)22-23-16(25)11-4-6-14-10(8-11)5-7-15(24)21-14/h1-4,6,8-9,22H,5,7H2,(H,21,24)(H,23,25). The molecule has 0 atom stereocenters. The summed E-state index contributed by atoms with van der Waals surface area (Å²) in [6.45, 7) is 0. The summed E-state index contributed by atoms with van der Waals surface area (Å²) in [5.41, 5.74) is 6.00. The molecule has 0 unspecified atom stereocenters. The zero-order valence-corrected chi connectivity index (χ0v) is 12.9. The van der Waals surface area contributed by atoms with Crippen LogP contribution >= 0.6 is 0 Å². The van der Waals surface area contributed by atoms with Crippen LogP contribution in [0.4, 0.5) is 24.5 Å². The Morgan fingerprint density at radius 1 is 1.08 bits per heavy atom. The van der Waals surface area contributed by atoms with Gasteiger partial charge in [-0.2, -0.15) is 13.2 Å². The molecule has 1 aliphatic heterocycles. The van der Waals surface area contributed by atoms with Crippen LogP contribution in [-0.2, 0) is 17.4 Å². The molecule has 5 nitrogen and oxygen atoms in total. The van der Waals surface area contributed by atoms with Crippen LogP contribution in [0.5, 0.6) is 0 Å². The summed E-state index contributed by atoms with van der Waals surface area (Å²) < 4.78 is 38.0. The SMILES string of the molecule is O=C1CCc2cc(C(=O)NNc3cccc(C(F)(F)F)c3)ccc2N1. The molecule has 0 bridgehead atoms. The largest absolute Gasteiger partial charge is 0.416 e. The lowest BCUT2D eigenvalue weighted by Crippen LogP contribution is -2.30. The highest BCUT2D eigenvalue weighted by Gasteiger charge is 2.30. The Kier molecular flexibility index (Phi) is 4.35. The first-order valence-electron chi connectivity index (χ1n) is 7.49. The van der Waals surface area contributed by atoms with Gasteiger partial charge in [0.25, 0.3) is 5.91 Å². The number of alkyl halides is 3. The van der Waals surface area contributed by atoms with E-state index < -0.39 is 17.6 Å². The molecule has 3 N–H and O–H groups in total. The fraction of sp³-hybridized carbons (Fsp3) is 0.176. The number of rotatable bonds is 3. The van der Waals surface area contributed by atoms with E-state index in [1.807, 2.05) is 0 Å². The first-order valence-corrected chi connectivity index (χ1v) is 7.49. The molecule has 0 fully saturated rings. The molecule has 0 spiro atoms. The first kappa shape index (κ1) is 16.8. The van der Waals surface area contributed by atoms with E-state index in [4.69, 9.17) is 0 Å². The Hall–Kier alpha value is -3.03. The van der Waals surface area contributed by atoms with Crippen molar-refractivity contribution in [3.05, 3.63) is 59.2 Å². The monoisotopic (exact) mass is 349 g/mol. The van der Waals surface area contributed by atoms with E-state index in [0.717, 1.165) is 17.7 Å². The summed E-state index contributed by atoms with van der Waals surface area (Å²) in [7, 11) is 0. The molecule has 0 aromatic heterocycles. The molecule has 1 aliphatic rings. The van der Waals surface area contributed by atoms with Crippen molar-refractivity contribution < 1.29 is 22.8 Å². The van der Waals surface area contributed by atoms with Crippen LogP contribution in [0.25, 0.3) is 0 Å². The Balaban J connectivity index is 1.68. The van der Waals surface area contributed by atoms with E-state index in [1.165, 1.54) is 18.2 Å². The predicted octanol–water partition coefficient (Wildman–Crippen LogP) is 3.35. The Labute approximate surface area is 141 Å². The fourth-order valence-electron chi connectivity index (χ4n) is 2.50. The summed E-state index contributed by atoms with van der Waals surface area (Å²) in [5, 5.41) is 2.71. The van der Waals surface area contributed by atoms with Crippen LogP contribution < -0.4 is 16.2 Å². The normalized spacial score (nSPS) is 13.6. The van der Waals surface area contributed by atoms with Crippen LogP contribution in [0.3, 0.4) is 0 Å². The molecular formula is C17H14F3N3O2. The number of benzene rings is 2. The van der Waals surface area contributed by atoms with Crippen molar-refractivity contribution >= 4 is 23.2 Å². The minimum atomic E-state index is -4.45. The highest BCUT2D eigenvalue weighted by molar-refractivity contribution is 5.98. The van der Waals surface area contributed by atoms with Gasteiger partial charge in [-0.05, 0) is 48.4 Å². The first-order chi connectivity index (χ1) is 11.8. The van der Waals surface area contributed by atoms with E-state index in [1.54, 1.807) is 12.1 Å². The van der Waals surface area contributed by atoms with Gasteiger partial charge in [0, 0.05) is 17.7 Å². The minimum absolute atomic E-state index is 0.0732. The number of nitrogens with one attached hydrogen (secondary N) is 3. The molecule has 8 heteroatoms. The summed E-state index contributed by atoms with van der Waals surface area (Å²) in [5.74, 6) is -0.562. The Bertz CT molecular complexity index is 834. The van der Waals surface area contributed by atoms with Crippen molar-refractivity contribution in [3.63, 3.8) is 0 Å². The molecule has 0 saturated heterocycles. The summed E-state index contributed by atoms with van der Waals surface area (Å²) >= 11 is 0. The summed E-state index contributed by atoms with van der Waals surface area (Å²) in [6, 6.07) is 9.33. The van der Waals surface area contributed by atoms with Crippen LogP contribution in [0.2, 0.25) is 0 Å². The molecule has 0 saturated carbocycles. The van der Waals surface area contributed by atoms with Gasteiger partial charge < -0.3 is 5.32 Å². The van der Waals surface area contributed by atoms with Crippen LogP contribution in [0.1, 0.15) is 27.9 Å². The van der Waals surface area contributed by atoms with E-state index in [2.05, 4.69) is 16.2 Å². The second-order valence-corrected chi connectivity index (χ2v) is 5.58. The van der Waals surface area contributed by atoms with Gasteiger partial charge in [0.15, 0.2) is 0 Å². The number of halogens is 3. The summed E-state index contributed by atoms with van der Waals surface area (Å²) in [4.78, 5) is 23.5. The second-order valence-electron chi connectivity index (χ2n) is 5.58. The fourth-order valence-corrected chi connectivity index (χ4v) is 2.50. The Morgan fingerprint density at radius 3 is 2.64 bits per heavy atom. The van der Waals surface area contributed by atoms with Gasteiger partial charge in [-0.15, -0.1) is 0 Å². The lowest BCUT2D eigenvalue weighted by atomic mass is 10.0. The van der Waals surface area contributed by atoms with Crippen molar-refractivity contribution in [1.29, 1.82) is 0 Å². The van der Waals surface area contributed by atoms with Gasteiger partial charge in [0.2, 0.25) is 5.91 Å². The molecule has 0 aliphatic carbocycles. The van der Waals surface area contributed by atoms with Crippen LogP contribution in [0.15, 0.2) is 42.5 Å².